The van der Waals surface area contributed by atoms with Gasteiger partial charge in [-0.25, -0.2) is 0 Å². The third kappa shape index (κ3) is 6.21. The Kier molecular flexibility index (Phi) is 8.49. The van der Waals surface area contributed by atoms with Gasteiger partial charge < -0.3 is 20.9 Å². The Balaban J connectivity index is 1.94. The van der Waals surface area contributed by atoms with Crippen LogP contribution in [0.1, 0.15) is 54.9 Å². The summed E-state index contributed by atoms with van der Waals surface area (Å²) in [6.07, 6.45) is 4.89. The number of benzene rings is 1. The van der Waals surface area contributed by atoms with Gasteiger partial charge in [0.25, 0.3) is 5.91 Å². The highest BCUT2D eigenvalue weighted by Crippen LogP contribution is 2.38. The van der Waals surface area contributed by atoms with Crippen LogP contribution in [0.25, 0.3) is 0 Å². The summed E-state index contributed by atoms with van der Waals surface area (Å²) in [7, 11) is 5.36. The van der Waals surface area contributed by atoms with Gasteiger partial charge in [0.05, 0.1) is 5.41 Å². The van der Waals surface area contributed by atoms with Crippen LogP contribution in [-0.2, 0) is 11.3 Å². The molecule has 0 spiro atoms. The van der Waals surface area contributed by atoms with E-state index in [0.29, 0.717) is 31.2 Å². The van der Waals surface area contributed by atoms with Crippen LogP contribution in [0.15, 0.2) is 29.3 Å². The van der Waals surface area contributed by atoms with E-state index < -0.39 is 0 Å². The minimum Gasteiger partial charge on any atom is -0.355 e. The van der Waals surface area contributed by atoms with Gasteiger partial charge in [-0.3, -0.25) is 14.6 Å². The van der Waals surface area contributed by atoms with Crippen molar-refractivity contribution in [2.75, 3.05) is 34.2 Å². The van der Waals surface area contributed by atoms with E-state index in [-0.39, 0.29) is 17.2 Å². The maximum absolute atomic E-state index is 12.7. The molecule has 3 N–H and O–H groups in total. The van der Waals surface area contributed by atoms with Crippen molar-refractivity contribution in [3.05, 3.63) is 35.4 Å². The zero-order chi connectivity index (χ0) is 21.3. The third-order valence-electron chi connectivity index (χ3n) is 5.42. The highest BCUT2D eigenvalue weighted by molar-refractivity contribution is 5.94. The van der Waals surface area contributed by atoms with Crippen LogP contribution in [0.4, 0.5) is 0 Å². The Morgan fingerprint density at radius 2 is 1.86 bits per heavy atom. The maximum Gasteiger partial charge on any atom is 0.251 e. The molecular formula is C22H35N5O2. The summed E-state index contributed by atoms with van der Waals surface area (Å²) in [5.74, 6) is 0.786. The number of hydrogen-bond donors (Lipinski definition) is 3. The summed E-state index contributed by atoms with van der Waals surface area (Å²) >= 11 is 0. The highest BCUT2D eigenvalue weighted by atomic mass is 16.2. The van der Waals surface area contributed by atoms with Gasteiger partial charge >= 0.3 is 0 Å². The standard InChI is InChI=1S/C22H35N5O2/c1-5-13-24-19(28)18-10-8-9-17(14-18)15-25-21(23-2)26-16-22(11-6-7-12-22)20(29)27(3)4/h8-10,14H,5-7,11-13,15-16H2,1-4H3,(H,24,28)(H2,23,25,26). The lowest BCUT2D eigenvalue weighted by molar-refractivity contribution is -0.138. The molecule has 1 aliphatic carbocycles. The molecule has 0 aliphatic heterocycles. The summed E-state index contributed by atoms with van der Waals surface area (Å²) < 4.78 is 0. The third-order valence-corrected chi connectivity index (χ3v) is 5.42. The predicted octanol–water partition coefficient (Wildman–Crippen LogP) is 2.14. The van der Waals surface area contributed by atoms with Crippen LogP contribution in [0.3, 0.4) is 0 Å². The van der Waals surface area contributed by atoms with Gasteiger partial charge in [0.2, 0.25) is 5.91 Å². The van der Waals surface area contributed by atoms with Crippen LogP contribution in [0.5, 0.6) is 0 Å². The quantitative estimate of drug-likeness (QED) is 0.460. The fourth-order valence-corrected chi connectivity index (χ4v) is 3.81. The van der Waals surface area contributed by atoms with E-state index in [2.05, 4.69) is 20.9 Å². The molecule has 1 aromatic carbocycles. The molecule has 29 heavy (non-hydrogen) atoms. The summed E-state index contributed by atoms with van der Waals surface area (Å²) in [6, 6.07) is 7.57. The van der Waals surface area contributed by atoms with Gasteiger partial charge in [-0.05, 0) is 37.0 Å². The molecule has 1 fully saturated rings. The van der Waals surface area contributed by atoms with E-state index >= 15 is 0 Å². The topological polar surface area (TPSA) is 85.8 Å². The zero-order valence-corrected chi connectivity index (χ0v) is 18.2. The van der Waals surface area contributed by atoms with Crippen molar-refractivity contribution < 1.29 is 9.59 Å². The molecule has 0 heterocycles. The Morgan fingerprint density at radius 1 is 1.14 bits per heavy atom. The van der Waals surface area contributed by atoms with E-state index in [1.807, 2.05) is 45.3 Å². The fraction of sp³-hybridized carbons (Fsp3) is 0.591. The number of rotatable bonds is 8. The lowest BCUT2D eigenvalue weighted by Crippen LogP contribution is -2.49. The molecule has 0 unspecified atom stereocenters. The largest absolute Gasteiger partial charge is 0.355 e. The molecule has 1 saturated carbocycles. The van der Waals surface area contributed by atoms with E-state index in [1.54, 1.807) is 11.9 Å². The summed E-state index contributed by atoms with van der Waals surface area (Å²) in [5, 5.41) is 9.52. The van der Waals surface area contributed by atoms with Gasteiger partial charge in [0.15, 0.2) is 5.96 Å². The molecule has 1 aromatic rings. The minimum atomic E-state index is -0.349. The smallest absolute Gasteiger partial charge is 0.251 e. The van der Waals surface area contributed by atoms with Gasteiger partial charge in [-0.2, -0.15) is 0 Å². The minimum absolute atomic E-state index is 0.0541. The molecule has 0 bridgehead atoms. The van der Waals surface area contributed by atoms with Gasteiger partial charge in [-0.15, -0.1) is 0 Å². The molecule has 160 valence electrons. The molecular weight excluding hydrogens is 366 g/mol. The first-order valence-electron chi connectivity index (χ1n) is 10.5. The van der Waals surface area contributed by atoms with Crippen LogP contribution < -0.4 is 16.0 Å². The van der Waals surface area contributed by atoms with Crippen molar-refractivity contribution >= 4 is 17.8 Å². The molecule has 0 atom stereocenters. The lowest BCUT2D eigenvalue weighted by Gasteiger charge is -2.31. The normalized spacial score (nSPS) is 15.7. The number of amides is 2. The number of hydrogen-bond acceptors (Lipinski definition) is 3. The number of nitrogens with zero attached hydrogens (tertiary/aromatic N) is 2. The Hall–Kier alpha value is -2.57. The summed E-state index contributed by atoms with van der Waals surface area (Å²) in [5.41, 5.74) is 1.30. The number of carbonyl (C=O) groups is 2. The SMILES string of the molecule is CCCNC(=O)c1cccc(CNC(=NC)NCC2(C(=O)N(C)C)CCCC2)c1. The van der Waals surface area contributed by atoms with Crippen molar-refractivity contribution in [3.63, 3.8) is 0 Å². The Labute approximate surface area is 174 Å². The second-order valence-electron chi connectivity index (χ2n) is 7.92. The average molecular weight is 402 g/mol. The first-order chi connectivity index (χ1) is 13.9. The molecule has 0 saturated heterocycles. The predicted molar refractivity (Wildman–Crippen MR) is 117 cm³/mol. The van der Waals surface area contributed by atoms with E-state index in [1.165, 1.54) is 0 Å². The second kappa shape index (κ2) is 10.8. The summed E-state index contributed by atoms with van der Waals surface area (Å²) in [6.45, 7) is 3.82. The maximum atomic E-state index is 12.7. The van der Waals surface area contributed by atoms with E-state index in [9.17, 15) is 9.59 Å². The highest BCUT2D eigenvalue weighted by Gasteiger charge is 2.42. The monoisotopic (exact) mass is 401 g/mol. The van der Waals surface area contributed by atoms with Crippen LogP contribution in [0.2, 0.25) is 0 Å². The molecule has 0 radical (unpaired) electrons. The fourth-order valence-electron chi connectivity index (χ4n) is 3.81. The first kappa shape index (κ1) is 22.7. The van der Waals surface area contributed by atoms with E-state index in [4.69, 9.17) is 0 Å². The molecule has 2 amide bonds. The second-order valence-corrected chi connectivity index (χ2v) is 7.92. The van der Waals surface area contributed by atoms with Gasteiger partial charge in [0, 0.05) is 46.3 Å². The molecule has 1 aliphatic rings. The number of nitrogens with one attached hydrogen (secondary N) is 3. The van der Waals surface area contributed by atoms with Crippen molar-refractivity contribution in [2.45, 2.75) is 45.6 Å². The zero-order valence-electron chi connectivity index (χ0n) is 18.2. The van der Waals surface area contributed by atoms with Crippen LogP contribution in [-0.4, -0.2) is 56.9 Å². The molecule has 0 aromatic heterocycles. The van der Waals surface area contributed by atoms with Crippen molar-refractivity contribution in [1.29, 1.82) is 0 Å². The number of guanidine groups is 1. The van der Waals surface area contributed by atoms with E-state index in [0.717, 1.165) is 37.7 Å². The van der Waals surface area contributed by atoms with Crippen molar-refractivity contribution in [2.24, 2.45) is 10.4 Å². The molecule has 7 heteroatoms. The summed E-state index contributed by atoms with van der Waals surface area (Å²) in [4.78, 5) is 30.8. The van der Waals surface area contributed by atoms with Crippen molar-refractivity contribution in [3.8, 4) is 0 Å². The van der Waals surface area contributed by atoms with Crippen LogP contribution in [0, 0.1) is 5.41 Å². The van der Waals surface area contributed by atoms with Crippen molar-refractivity contribution in [1.82, 2.24) is 20.9 Å². The van der Waals surface area contributed by atoms with Gasteiger partial charge in [0.1, 0.15) is 0 Å². The average Bonchev–Trinajstić information content (AvgIpc) is 3.21. The molecule has 7 nitrogen and oxygen atoms in total. The molecule has 2 rings (SSSR count). The lowest BCUT2D eigenvalue weighted by atomic mass is 9.84. The number of carbonyl (C=O) groups excluding carboxylic acids is 2. The number of aliphatic imine (C=N–C) groups is 1. The van der Waals surface area contributed by atoms with Crippen LogP contribution >= 0.6 is 0 Å². The van der Waals surface area contributed by atoms with Gasteiger partial charge in [-0.1, -0.05) is 31.9 Å². The first-order valence-corrected chi connectivity index (χ1v) is 10.5. The Morgan fingerprint density at radius 3 is 2.48 bits per heavy atom. The Bertz CT molecular complexity index is 724.